The molecule has 0 radical (unpaired) electrons. The van der Waals surface area contributed by atoms with Crippen molar-refractivity contribution in [2.24, 2.45) is 5.92 Å². The van der Waals surface area contributed by atoms with Crippen LogP contribution in [0.25, 0.3) is 0 Å². The van der Waals surface area contributed by atoms with E-state index in [2.05, 4.69) is 14.8 Å². The van der Waals surface area contributed by atoms with E-state index in [1.54, 1.807) is 97.9 Å². The van der Waals surface area contributed by atoms with Gasteiger partial charge in [-0.1, -0.05) is 61.5 Å². The molecule has 0 saturated heterocycles. The highest BCUT2D eigenvalue weighted by Gasteiger charge is 2.18. The number of amides is 1. The molecule has 1 unspecified atom stereocenters. The van der Waals surface area contributed by atoms with Crippen molar-refractivity contribution < 1.29 is 35.9 Å². The summed E-state index contributed by atoms with van der Waals surface area (Å²) in [6, 6.07) is 33.6. The summed E-state index contributed by atoms with van der Waals surface area (Å²) in [5.74, 6) is 0.720. The van der Waals surface area contributed by atoms with Gasteiger partial charge in [0.1, 0.15) is 5.78 Å². The van der Waals surface area contributed by atoms with Crippen LogP contribution in [0.4, 0.5) is 22.7 Å². The number of ether oxygens (including phenoxy) is 2. The Morgan fingerprint density at radius 2 is 1.20 bits per heavy atom. The molecule has 0 aromatic heterocycles. The third kappa shape index (κ3) is 11.8. The maximum absolute atomic E-state index is 12.7. The van der Waals surface area contributed by atoms with Gasteiger partial charge in [0.15, 0.2) is 11.5 Å². The Hall–Kier alpha value is -5.86. The van der Waals surface area contributed by atoms with Crippen molar-refractivity contribution in [3.63, 3.8) is 0 Å². The summed E-state index contributed by atoms with van der Waals surface area (Å²) in [7, 11) is -4.46. The zero-order valence-electron chi connectivity index (χ0n) is 30.4. The normalized spacial score (nSPS) is 11.6. The van der Waals surface area contributed by atoms with Crippen molar-refractivity contribution in [2.45, 2.75) is 42.9 Å². The maximum Gasteiger partial charge on any atom is 0.262 e. The van der Waals surface area contributed by atoms with Gasteiger partial charge in [0.05, 0.1) is 35.4 Å². The summed E-state index contributed by atoms with van der Waals surface area (Å²) in [5.41, 5.74) is 9.73. The van der Waals surface area contributed by atoms with Crippen molar-refractivity contribution in [3.05, 3.63) is 132 Å². The second kappa shape index (κ2) is 18.8. The average Bonchev–Trinajstić information content (AvgIpc) is 3.16. The number of carbonyl (C=O) groups excluding carboxylic acids is 2. The van der Waals surface area contributed by atoms with E-state index in [9.17, 15) is 26.4 Å². The van der Waals surface area contributed by atoms with Gasteiger partial charge in [-0.05, 0) is 91.6 Å². The molecule has 54 heavy (non-hydrogen) atoms. The minimum absolute atomic E-state index is 0.0353. The molecule has 5 aromatic carbocycles. The SMILES string of the molecule is CC(=O)C(C)Cc1ccc(NS(=O)(=O)c2ccccc2)cc1.COc1ccc(S(=O)(=O)Nc2ccc(CCC(=O)Nc3ccccc3N)cc2)cc1OC. The predicted octanol–water partition coefficient (Wildman–Crippen LogP) is 6.91. The fourth-order valence-corrected chi connectivity index (χ4v) is 7.19. The molecule has 0 aliphatic rings. The number of anilines is 4. The molecule has 1 atom stereocenters. The molecule has 0 heterocycles. The molecule has 14 heteroatoms. The minimum Gasteiger partial charge on any atom is -0.493 e. The average molecular weight is 773 g/mol. The van der Waals surface area contributed by atoms with Gasteiger partial charge in [0.25, 0.3) is 20.0 Å². The number of hydrogen-bond donors (Lipinski definition) is 4. The zero-order chi connectivity index (χ0) is 39.3. The van der Waals surface area contributed by atoms with Crippen molar-refractivity contribution >= 4 is 54.5 Å². The van der Waals surface area contributed by atoms with E-state index in [4.69, 9.17) is 15.2 Å². The van der Waals surface area contributed by atoms with E-state index in [1.807, 2.05) is 19.1 Å². The van der Waals surface area contributed by atoms with E-state index in [1.165, 1.54) is 32.4 Å². The molecule has 0 aliphatic heterocycles. The van der Waals surface area contributed by atoms with Gasteiger partial charge in [-0.2, -0.15) is 0 Å². The summed E-state index contributed by atoms with van der Waals surface area (Å²) >= 11 is 0. The minimum atomic E-state index is -3.81. The molecule has 5 rings (SSSR count). The number of ketones is 1. The zero-order valence-corrected chi connectivity index (χ0v) is 32.0. The van der Waals surface area contributed by atoms with E-state index in [-0.39, 0.29) is 33.8 Å². The number of nitrogens with one attached hydrogen (secondary N) is 3. The fourth-order valence-electron chi connectivity index (χ4n) is 5.04. The molecule has 0 aliphatic carbocycles. The number of nitrogens with two attached hydrogens (primary N) is 1. The first-order valence-corrected chi connectivity index (χ1v) is 19.8. The third-order valence-corrected chi connectivity index (χ3v) is 11.0. The van der Waals surface area contributed by atoms with Gasteiger partial charge < -0.3 is 20.5 Å². The predicted molar refractivity (Wildman–Crippen MR) is 212 cm³/mol. The molecule has 0 saturated carbocycles. The van der Waals surface area contributed by atoms with E-state index in [0.717, 1.165) is 11.1 Å². The van der Waals surface area contributed by atoms with E-state index in [0.29, 0.717) is 47.1 Å². The summed E-state index contributed by atoms with van der Waals surface area (Å²) in [4.78, 5) is 23.7. The monoisotopic (exact) mass is 772 g/mol. The topological polar surface area (TPSA) is 183 Å². The van der Waals surface area contributed by atoms with Crippen LogP contribution >= 0.6 is 0 Å². The molecular formula is C40H44N4O8S2. The highest BCUT2D eigenvalue weighted by molar-refractivity contribution is 7.93. The van der Waals surface area contributed by atoms with Crippen molar-refractivity contribution in [1.29, 1.82) is 0 Å². The Bertz CT molecular complexity index is 2250. The summed E-state index contributed by atoms with van der Waals surface area (Å²) in [5, 5.41) is 2.78. The van der Waals surface area contributed by atoms with Gasteiger partial charge in [-0.3, -0.25) is 19.0 Å². The lowest BCUT2D eigenvalue weighted by Gasteiger charge is -2.12. The van der Waals surface area contributed by atoms with Crippen LogP contribution < -0.4 is 30.0 Å². The summed E-state index contributed by atoms with van der Waals surface area (Å²) < 4.78 is 65.2. The number of nitrogen functional groups attached to an aromatic ring is 1. The molecule has 5 aromatic rings. The Balaban J connectivity index is 0.000000258. The van der Waals surface area contributed by atoms with Gasteiger partial charge >= 0.3 is 0 Å². The Morgan fingerprint density at radius 3 is 1.76 bits per heavy atom. The number of Topliss-reactive ketones (excluding diaryl/α,β-unsaturated/α-hetero) is 1. The van der Waals surface area contributed by atoms with Crippen LogP contribution in [0.1, 0.15) is 31.4 Å². The first kappa shape index (κ1) is 40.9. The molecule has 0 spiro atoms. The smallest absolute Gasteiger partial charge is 0.262 e. The molecule has 1 amide bonds. The van der Waals surface area contributed by atoms with Gasteiger partial charge in [-0.25, -0.2) is 16.8 Å². The molecule has 12 nitrogen and oxygen atoms in total. The summed E-state index contributed by atoms with van der Waals surface area (Å²) in [6.45, 7) is 3.46. The third-order valence-electron chi connectivity index (χ3n) is 8.24. The number of carbonyl (C=O) groups is 2. The quantitative estimate of drug-likeness (QED) is 0.0822. The Morgan fingerprint density at radius 1 is 0.667 bits per heavy atom. The van der Waals surface area contributed by atoms with E-state index >= 15 is 0 Å². The number of benzene rings is 5. The Kier molecular flexibility index (Phi) is 14.2. The number of para-hydroxylation sites is 2. The summed E-state index contributed by atoms with van der Waals surface area (Å²) in [6.07, 6.45) is 1.42. The second-order valence-corrected chi connectivity index (χ2v) is 15.7. The van der Waals surface area contributed by atoms with E-state index < -0.39 is 20.0 Å². The lowest BCUT2D eigenvalue weighted by Crippen LogP contribution is -2.14. The van der Waals surface area contributed by atoms with Gasteiger partial charge in [-0.15, -0.1) is 0 Å². The highest BCUT2D eigenvalue weighted by atomic mass is 32.2. The maximum atomic E-state index is 12.7. The Labute approximate surface area is 316 Å². The molecule has 5 N–H and O–H groups in total. The lowest BCUT2D eigenvalue weighted by atomic mass is 9.98. The van der Waals surface area contributed by atoms with Crippen LogP contribution in [0.3, 0.4) is 0 Å². The fraction of sp³-hybridized carbons (Fsp3) is 0.200. The van der Waals surface area contributed by atoms with Crippen LogP contribution in [-0.4, -0.2) is 42.7 Å². The van der Waals surface area contributed by atoms with Crippen LogP contribution in [0.5, 0.6) is 11.5 Å². The molecule has 0 fully saturated rings. The van der Waals surface area contributed by atoms with Crippen molar-refractivity contribution in [2.75, 3.05) is 34.7 Å². The number of methoxy groups -OCH3 is 2. The first-order valence-electron chi connectivity index (χ1n) is 16.9. The number of rotatable bonds is 15. The molecule has 0 bridgehead atoms. The van der Waals surface area contributed by atoms with Crippen molar-refractivity contribution in [3.8, 4) is 11.5 Å². The molecule has 284 valence electrons. The van der Waals surface area contributed by atoms with Crippen LogP contribution in [0, 0.1) is 5.92 Å². The number of sulfonamides is 2. The van der Waals surface area contributed by atoms with Crippen LogP contribution in [0.15, 0.2) is 131 Å². The first-order chi connectivity index (χ1) is 25.7. The second-order valence-electron chi connectivity index (χ2n) is 12.3. The lowest BCUT2D eigenvalue weighted by molar-refractivity contribution is -0.120. The van der Waals surface area contributed by atoms with Crippen LogP contribution in [0.2, 0.25) is 0 Å². The number of aryl methyl sites for hydroxylation is 1. The standard InChI is InChI=1S/C23H25N3O5S.C17H19NO3S/c1-30-21-13-12-18(15-22(21)31-2)32(28,29)26-17-10-7-16(8-11-17)9-14-23(27)25-20-6-4-3-5-19(20)24;1-13(14(2)19)12-15-8-10-16(11-9-15)18-22(20,21)17-6-4-3-5-7-17/h3-8,10-13,15,26H,9,14,24H2,1-2H3,(H,25,27);3-11,13,18H,12H2,1-2H3. The number of hydrogen-bond acceptors (Lipinski definition) is 9. The van der Waals surface area contributed by atoms with Crippen molar-refractivity contribution in [1.82, 2.24) is 0 Å². The largest absolute Gasteiger partial charge is 0.493 e. The van der Waals surface area contributed by atoms with Gasteiger partial charge in [0.2, 0.25) is 5.91 Å². The highest BCUT2D eigenvalue weighted by Crippen LogP contribution is 2.30. The van der Waals surface area contributed by atoms with Crippen LogP contribution in [-0.2, 0) is 42.5 Å². The van der Waals surface area contributed by atoms with Gasteiger partial charge in [0, 0.05) is 29.8 Å². The molecular weight excluding hydrogens is 729 g/mol.